The maximum absolute atomic E-state index is 12.4. The van der Waals surface area contributed by atoms with Crippen molar-refractivity contribution in [2.45, 2.75) is 38.8 Å². The van der Waals surface area contributed by atoms with Crippen LogP contribution in [0.2, 0.25) is 0 Å². The summed E-state index contributed by atoms with van der Waals surface area (Å²) < 4.78 is 0. The number of rotatable bonds is 11. The van der Waals surface area contributed by atoms with Crippen LogP contribution in [0, 0.1) is 5.92 Å². The molecule has 0 heterocycles. The van der Waals surface area contributed by atoms with Crippen LogP contribution in [0.3, 0.4) is 0 Å². The van der Waals surface area contributed by atoms with Crippen molar-refractivity contribution in [1.29, 1.82) is 0 Å². The standard InChI is InChI=1S/C19H28N4O5/c1-12(2)8-15(19(28)22-10-16(24)21-11-17(25)26)23-18(27)14(20)9-13-6-4-3-5-7-13/h3-7,12,14-15H,8-11,20H2,1-2H3,(H,21,24)(H,22,28)(H,23,27)(H,25,26). The number of hydrogen-bond acceptors (Lipinski definition) is 5. The number of aliphatic carboxylic acids is 1. The number of amides is 3. The Bertz CT molecular complexity index is 678. The fraction of sp³-hybridized carbons (Fsp3) is 0.474. The predicted molar refractivity (Wildman–Crippen MR) is 103 cm³/mol. The van der Waals surface area contributed by atoms with Crippen LogP contribution in [0.1, 0.15) is 25.8 Å². The molecule has 2 atom stereocenters. The van der Waals surface area contributed by atoms with E-state index in [1.54, 1.807) is 0 Å². The summed E-state index contributed by atoms with van der Waals surface area (Å²) in [7, 11) is 0. The molecule has 0 aliphatic rings. The summed E-state index contributed by atoms with van der Waals surface area (Å²) in [5.74, 6) is -2.69. The van der Waals surface area contributed by atoms with Gasteiger partial charge in [0.2, 0.25) is 17.7 Å². The van der Waals surface area contributed by atoms with Crippen molar-refractivity contribution in [3.63, 3.8) is 0 Å². The first-order chi connectivity index (χ1) is 13.2. The lowest BCUT2D eigenvalue weighted by Crippen LogP contribution is -2.53. The lowest BCUT2D eigenvalue weighted by atomic mass is 10.0. The molecule has 3 amide bonds. The summed E-state index contributed by atoms with van der Waals surface area (Å²) in [6, 6.07) is 7.63. The molecule has 0 radical (unpaired) electrons. The molecule has 1 aromatic carbocycles. The van der Waals surface area contributed by atoms with Gasteiger partial charge in [-0.25, -0.2) is 0 Å². The highest BCUT2D eigenvalue weighted by molar-refractivity contribution is 5.92. The van der Waals surface area contributed by atoms with E-state index < -0.39 is 42.3 Å². The largest absolute Gasteiger partial charge is 0.480 e. The Morgan fingerprint density at radius 2 is 1.64 bits per heavy atom. The van der Waals surface area contributed by atoms with Crippen LogP contribution < -0.4 is 21.7 Å². The first kappa shape index (κ1) is 23.1. The molecule has 9 heteroatoms. The first-order valence-electron chi connectivity index (χ1n) is 9.05. The van der Waals surface area contributed by atoms with Gasteiger partial charge in [0.05, 0.1) is 12.6 Å². The van der Waals surface area contributed by atoms with E-state index in [0.717, 1.165) is 5.56 Å². The van der Waals surface area contributed by atoms with Gasteiger partial charge in [-0.15, -0.1) is 0 Å². The summed E-state index contributed by atoms with van der Waals surface area (Å²) in [5.41, 5.74) is 6.86. The fourth-order valence-corrected chi connectivity index (χ4v) is 2.47. The number of benzene rings is 1. The molecular weight excluding hydrogens is 364 g/mol. The average molecular weight is 392 g/mol. The van der Waals surface area contributed by atoms with Crippen LogP contribution >= 0.6 is 0 Å². The molecule has 0 aliphatic heterocycles. The zero-order chi connectivity index (χ0) is 21.1. The second-order valence-corrected chi connectivity index (χ2v) is 6.88. The highest BCUT2D eigenvalue weighted by atomic mass is 16.4. The third-order valence-corrected chi connectivity index (χ3v) is 3.84. The van der Waals surface area contributed by atoms with E-state index in [1.807, 2.05) is 44.2 Å². The van der Waals surface area contributed by atoms with Gasteiger partial charge >= 0.3 is 5.97 Å². The molecule has 6 N–H and O–H groups in total. The van der Waals surface area contributed by atoms with Crippen LogP contribution in [0.25, 0.3) is 0 Å². The van der Waals surface area contributed by atoms with E-state index in [2.05, 4.69) is 16.0 Å². The molecule has 0 saturated carbocycles. The average Bonchev–Trinajstić information content (AvgIpc) is 2.64. The van der Waals surface area contributed by atoms with Gasteiger partial charge in [-0.3, -0.25) is 19.2 Å². The van der Waals surface area contributed by atoms with Gasteiger partial charge < -0.3 is 26.8 Å². The Kier molecular flexibility index (Phi) is 9.66. The lowest BCUT2D eigenvalue weighted by Gasteiger charge is -2.22. The van der Waals surface area contributed by atoms with Gasteiger partial charge in [0, 0.05) is 0 Å². The summed E-state index contributed by atoms with van der Waals surface area (Å²) in [5, 5.41) is 15.7. The number of hydrogen-bond donors (Lipinski definition) is 5. The van der Waals surface area contributed by atoms with Gasteiger partial charge in [0.1, 0.15) is 12.6 Å². The van der Waals surface area contributed by atoms with Gasteiger partial charge in [0.25, 0.3) is 0 Å². The van der Waals surface area contributed by atoms with Crippen LogP contribution in [0.5, 0.6) is 0 Å². The zero-order valence-electron chi connectivity index (χ0n) is 16.1. The smallest absolute Gasteiger partial charge is 0.322 e. The maximum atomic E-state index is 12.4. The summed E-state index contributed by atoms with van der Waals surface area (Å²) in [4.78, 5) is 46.7. The molecule has 1 aromatic rings. The maximum Gasteiger partial charge on any atom is 0.322 e. The van der Waals surface area contributed by atoms with E-state index in [0.29, 0.717) is 12.8 Å². The molecule has 2 unspecified atom stereocenters. The molecule has 28 heavy (non-hydrogen) atoms. The summed E-state index contributed by atoms with van der Waals surface area (Å²) in [6.07, 6.45) is 0.701. The van der Waals surface area contributed by atoms with E-state index in [-0.39, 0.29) is 12.5 Å². The van der Waals surface area contributed by atoms with E-state index >= 15 is 0 Å². The second-order valence-electron chi connectivity index (χ2n) is 6.88. The number of carboxylic acid groups (broad SMARTS) is 1. The van der Waals surface area contributed by atoms with Crippen molar-refractivity contribution in [1.82, 2.24) is 16.0 Å². The Morgan fingerprint density at radius 1 is 1.00 bits per heavy atom. The van der Waals surface area contributed by atoms with Crippen molar-refractivity contribution in [3.05, 3.63) is 35.9 Å². The first-order valence-corrected chi connectivity index (χ1v) is 9.05. The predicted octanol–water partition coefficient (Wildman–Crippen LogP) is -0.596. The Hall–Kier alpha value is -2.94. The van der Waals surface area contributed by atoms with E-state index in [1.165, 1.54) is 0 Å². The fourth-order valence-electron chi connectivity index (χ4n) is 2.47. The van der Waals surface area contributed by atoms with Gasteiger partial charge in [-0.05, 0) is 24.3 Å². The minimum absolute atomic E-state index is 0.113. The Labute approximate surface area is 164 Å². The molecule has 9 nitrogen and oxygen atoms in total. The minimum atomic E-state index is -1.18. The third kappa shape index (κ3) is 9.13. The highest BCUT2D eigenvalue weighted by Gasteiger charge is 2.25. The van der Waals surface area contributed by atoms with Gasteiger partial charge in [0.15, 0.2) is 0 Å². The molecule has 154 valence electrons. The Morgan fingerprint density at radius 3 is 2.21 bits per heavy atom. The topological polar surface area (TPSA) is 151 Å². The van der Waals surface area contributed by atoms with Crippen molar-refractivity contribution in [3.8, 4) is 0 Å². The third-order valence-electron chi connectivity index (χ3n) is 3.84. The van der Waals surface area contributed by atoms with Gasteiger partial charge in [-0.1, -0.05) is 44.2 Å². The van der Waals surface area contributed by atoms with Crippen molar-refractivity contribution >= 4 is 23.7 Å². The van der Waals surface area contributed by atoms with E-state index in [9.17, 15) is 19.2 Å². The van der Waals surface area contributed by atoms with Crippen LogP contribution in [-0.4, -0.2) is 54.0 Å². The van der Waals surface area contributed by atoms with E-state index in [4.69, 9.17) is 10.8 Å². The van der Waals surface area contributed by atoms with Crippen LogP contribution in [0.15, 0.2) is 30.3 Å². The number of carbonyl (C=O) groups is 4. The normalized spacial score (nSPS) is 12.7. The molecule has 0 aliphatic carbocycles. The SMILES string of the molecule is CC(C)CC(NC(=O)C(N)Cc1ccccc1)C(=O)NCC(=O)NCC(=O)O. The molecule has 0 saturated heterocycles. The molecule has 1 rings (SSSR count). The van der Waals surface area contributed by atoms with Crippen molar-refractivity contribution < 1.29 is 24.3 Å². The quantitative estimate of drug-likeness (QED) is 0.339. The zero-order valence-corrected chi connectivity index (χ0v) is 16.1. The summed E-state index contributed by atoms with van der Waals surface area (Å²) >= 11 is 0. The molecule has 0 aromatic heterocycles. The summed E-state index contributed by atoms with van der Waals surface area (Å²) in [6.45, 7) is 2.88. The number of carbonyl (C=O) groups excluding carboxylic acids is 3. The monoisotopic (exact) mass is 392 g/mol. The van der Waals surface area contributed by atoms with Gasteiger partial charge in [-0.2, -0.15) is 0 Å². The van der Waals surface area contributed by atoms with Crippen LogP contribution in [0.4, 0.5) is 0 Å². The lowest BCUT2D eigenvalue weighted by molar-refractivity contribution is -0.138. The second kappa shape index (κ2) is 11.7. The number of nitrogens with one attached hydrogen (secondary N) is 3. The van der Waals surface area contributed by atoms with Crippen LogP contribution in [-0.2, 0) is 25.6 Å². The minimum Gasteiger partial charge on any atom is -0.480 e. The number of carboxylic acids is 1. The van der Waals surface area contributed by atoms with Crippen molar-refractivity contribution in [2.24, 2.45) is 11.7 Å². The van der Waals surface area contributed by atoms with Crippen molar-refractivity contribution in [2.75, 3.05) is 13.1 Å². The highest BCUT2D eigenvalue weighted by Crippen LogP contribution is 2.07. The molecular formula is C19H28N4O5. The Balaban J connectivity index is 2.60. The molecule has 0 spiro atoms. The molecule has 0 fully saturated rings. The molecule has 0 bridgehead atoms. The number of nitrogens with two attached hydrogens (primary N) is 1.